The molecule has 0 radical (unpaired) electrons. The lowest BCUT2D eigenvalue weighted by molar-refractivity contribution is 0.599. The van der Waals surface area contributed by atoms with Gasteiger partial charge in [-0.05, 0) is 11.6 Å². The lowest BCUT2D eigenvalue weighted by Crippen LogP contribution is -2.02. The van der Waals surface area contributed by atoms with Gasteiger partial charge in [-0.1, -0.05) is 12.7 Å². The second kappa shape index (κ2) is 3.25. The summed E-state index contributed by atoms with van der Waals surface area (Å²) in [6, 6.07) is 1.36. The van der Waals surface area contributed by atoms with E-state index in [1.165, 1.54) is 18.3 Å². The van der Waals surface area contributed by atoms with Gasteiger partial charge in [0.1, 0.15) is 5.82 Å². The Hall–Kier alpha value is -1.22. The van der Waals surface area contributed by atoms with Crippen LogP contribution in [0.4, 0.5) is 4.39 Å². The highest BCUT2D eigenvalue weighted by molar-refractivity contribution is 5.45. The smallest absolute Gasteiger partial charge is 0.146 e. The van der Waals surface area contributed by atoms with Crippen LogP contribution in [0.5, 0.6) is 0 Å². The Kier molecular flexibility index (Phi) is 2.33. The third-order valence-electron chi connectivity index (χ3n) is 1.37. The Morgan fingerprint density at radius 1 is 1.73 bits per heavy atom. The summed E-state index contributed by atoms with van der Waals surface area (Å²) in [6.07, 6.45) is 3.08. The largest absolute Gasteiger partial charge is 0.325 e. The molecule has 2 N–H and O–H groups in total. The number of pyridine rings is 1. The standard InChI is InChI=1S/C8H9FN2/c1-2-6-3-7(9)8(4-10)11-5-6/h2-3,5H,1,4,10H2. The van der Waals surface area contributed by atoms with E-state index in [4.69, 9.17) is 5.73 Å². The molecular weight excluding hydrogens is 143 g/mol. The van der Waals surface area contributed by atoms with Crippen LogP contribution in [0.25, 0.3) is 6.08 Å². The minimum atomic E-state index is -0.370. The van der Waals surface area contributed by atoms with Crippen LogP contribution in [0, 0.1) is 5.82 Å². The van der Waals surface area contributed by atoms with E-state index >= 15 is 0 Å². The van der Waals surface area contributed by atoms with Crippen molar-refractivity contribution in [3.63, 3.8) is 0 Å². The van der Waals surface area contributed by atoms with Gasteiger partial charge >= 0.3 is 0 Å². The Labute approximate surface area is 64.6 Å². The molecule has 0 aromatic carbocycles. The SMILES string of the molecule is C=Cc1cnc(CN)c(F)c1. The Morgan fingerprint density at radius 3 is 2.91 bits per heavy atom. The van der Waals surface area contributed by atoms with Crippen molar-refractivity contribution in [2.24, 2.45) is 5.73 Å². The number of aromatic nitrogens is 1. The topological polar surface area (TPSA) is 38.9 Å². The van der Waals surface area contributed by atoms with Crippen molar-refractivity contribution in [2.45, 2.75) is 6.54 Å². The number of halogens is 1. The predicted molar refractivity (Wildman–Crippen MR) is 42.2 cm³/mol. The first kappa shape index (κ1) is 7.88. The minimum Gasteiger partial charge on any atom is -0.325 e. The highest BCUT2D eigenvalue weighted by Crippen LogP contribution is 2.06. The maximum atomic E-state index is 12.8. The van der Waals surface area contributed by atoms with Gasteiger partial charge in [0.25, 0.3) is 0 Å². The van der Waals surface area contributed by atoms with E-state index in [-0.39, 0.29) is 18.1 Å². The third kappa shape index (κ3) is 1.62. The number of hydrogen-bond acceptors (Lipinski definition) is 2. The molecular formula is C8H9FN2. The van der Waals surface area contributed by atoms with E-state index < -0.39 is 0 Å². The molecule has 0 saturated carbocycles. The van der Waals surface area contributed by atoms with E-state index in [1.807, 2.05) is 0 Å². The van der Waals surface area contributed by atoms with Crippen LogP contribution in [-0.4, -0.2) is 4.98 Å². The number of rotatable bonds is 2. The van der Waals surface area contributed by atoms with Gasteiger partial charge in [-0.3, -0.25) is 4.98 Å². The molecule has 0 bridgehead atoms. The molecule has 11 heavy (non-hydrogen) atoms. The number of hydrogen-bond donors (Lipinski definition) is 1. The molecule has 3 heteroatoms. The lowest BCUT2D eigenvalue weighted by Gasteiger charge is -1.98. The van der Waals surface area contributed by atoms with E-state index in [2.05, 4.69) is 11.6 Å². The van der Waals surface area contributed by atoms with Gasteiger partial charge in [0, 0.05) is 12.7 Å². The zero-order chi connectivity index (χ0) is 8.27. The first-order valence-electron chi connectivity index (χ1n) is 3.25. The zero-order valence-corrected chi connectivity index (χ0v) is 6.05. The van der Waals surface area contributed by atoms with Crippen molar-refractivity contribution >= 4 is 6.08 Å². The van der Waals surface area contributed by atoms with Gasteiger partial charge in [0.15, 0.2) is 0 Å². The average molecular weight is 152 g/mol. The Morgan fingerprint density at radius 2 is 2.45 bits per heavy atom. The lowest BCUT2D eigenvalue weighted by atomic mass is 10.2. The molecule has 0 spiro atoms. The van der Waals surface area contributed by atoms with Gasteiger partial charge in [-0.25, -0.2) is 4.39 Å². The van der Waals surface area contributed by atoms with E-state index in [0.29, 0.717) is 5.56 Å². The van der Waals surface area contributed by atoms with Crippen molar-refractivity contribution in [3.8, 4) is 0 Å². The summed E-state index contributed by atoms with van der Waals surface area (Å²) in [4.78, 5) is 3.80. The highest BCUT2D eigenvalue weighted by atomic mass is 19.1. The summed E-state index contributed by atoms with van der Waals surface area (Å²) in [5.74, 6) is -0.370. The molecule has 58 valence electrons. The molecule has 0 unspecified atom stereocenters. The van der Waals surface area contributed by atoms with Gasteiger partial charge in [0.05, 0.1) is 5.69 Å². The van der Waals surface area contributed by atoms with Crippen molar-refractivity contribution in [2.75, 3.05) is 0 Å². The van der Waals surface area contributed by atoms with E-state index in [1.54, 1.807) is 0 Å². The summed E-state index contributed by atoms with van der Waals surface area (Å²) >= 11 is 0. The summed E-state index contributed by atoms with van der Waals surface area (Å²) in [7, 11) is 0. The van der Waals surface area contributed by atoms with Gasteiger partial charge in [-0.15, -0.1) is 0 Å². The van der Waals surface area contributed by atoms with Crippen LogP contribution in [0.15, 0.2) is 18.8 Å². The summed E-state index contributed by atoms with van der Waals surface area (Å²) in [6.45, 7) is 3.62. The Bertz CT molecular complexity index is 271. The minimum absolute atomic E-state index is 0.128. The first-order valence-corrected chi connectivity index (χ1v) is 3.25. The maximum absolute atomic E-state index is 12.8. The van der Waals surface area contributed by atoms with Gasteiger partial charge < -0.3 is 5.73 Å². The second-order valence-corrected chi connectivity index (χ2v) is 2.11. The second-order valence-electron chi connectivity index (χ2n) is 2.11. The quantitative estimate of drug-likeness (QED) is 0.694. The maximum Gasteiger partial charge on any atom is 0.146 e. The van der Waals surface area contributed by atoms with Crippen molar-refractivity contribution in [1.29, 1.82) is 0 Å². The molecule has 0 fully saturated rings. The fraction of sp³-hybridized carbons (Fsp3) is 0.125. The molecule has 0 aliphatic carbocycles. The molecule has 0 saturated heterocycles. The number of nitrogens with two attached hydrogens (primary N) is 1. The number of nitrogens with zero attached hydrogens (tertiary/aromatic N) is 1. The van der Waals surface area contributed by atoms with E-state index in [9.17, 15) is 4.39 Å². The van der Waals surface area contributed by atoms with Gasteiger partial charge in [-0.2, -0.15) is 0 Å². The van der Waals surface area contributed by atoms with Crippen LogP contribution in [0.3, 0.4) is 0 Å². The molecule has 1 aromatic heterocycles. The van der Waals surface area contributed by atoms with Crippen LogP contribution in [-0.2, 0) is 6.54 Å². The van der Waals surface area contributed by atoms with Crippen molar-refractivity contribution in [1.82, 2.24) is 4.98 Å². The van der Waals surface area contributed by atoms with Crippen LogP contribution in [0.1, 0.15) is 11.3 Å². The highest BCUT2D eigenvalue weighted by Gasteiger charge is 2.00. The molecule has 0 amide bonds. The molecule has 1 rings (SSSR count). The normalized spacial score (nSPS) is 9.64. The van der Waals surface area contributed by atoms with Crippen LogP contribution < -0.4 is 5.73 Å². The summed E-state index contributed by atoms with van der Waals surface area (Å²) in [5, 5.41) is 0. The third-order valence-corrected chi connectivity index (χ3v) is 1.37. The fourth-order valence-electron chi connectivity index (χ4n) is 0.743. The monoisotopic (exact) mass is 152 g/mol. The van der Waals surface area contributed by atoms with Crippen LogP contribution >= 0.6 is 0 Å². The Balaban J connectivity index is 3.09. The molecule has 1 aromatic rings. The molecule has 0 aliphatic heterocycles. The predicted octanol–water partition coefficient (Wildman–Crippen LogP) is 1.32. The zero-order valence-electron chi connectivity index (χ0n) is 6.05. The molecule has 0 aliphatic rings. The van der Waals surface area contributed by atoms with Crippen molar-refractivity contribution in [3.05, 3.63) is 35.9 Å². The van der Waals surface area contributed by atoms with Gasteiger partial charge in [0.2, 0.25) is 0 Å². The van der Waals surface area contributed by atoms with E-state index in [0.717, 1.165) is 0 Å². The average Bonchev–Trinajstić information content (AvgIpc) is 2.04. The summed E-state index contributed by atoms with van der Waals surface area (Å²) < 4.78 is 12.8. The molecule has 2 nitrogen and oxygen atoms in total. The molecule has 0 atom stereocenters. The van der Waals surface area contributed by atoms with Crippen molar-refractivity contribution < 1.29 is 4.39 Å². The molecule has 1 heterocycles. The summed E-state index contributed by atoms with van der Waals surface area (Å²) in [5.41, 5.74) is 6.17. The van der Waals surface area contributed by atoms with Crippen LogP contribution in [0.2, 0.25) is 0 Å². The first-order chi connectivity index (χ1) is 5.27. The fourth-order valence-corrected chi connectivity index (χ4v) is 0.743.